The second kappa shape index (κ2) is 6.86. The van der Waals surface area contributed by atoms with Gasteiger partial charge in [0.05, 0.1) is 18.2 Å². The van der Waals surface area contributed by atoms with Crippen LogP contribution in [0, 0.1) is 0 Å². The maximum absolute atomic E-state index is 13.0. The molecular weight excluding hydrogens is 378 g/mol. The van der Waals surface area contributed by atoms with Gasteiger partial charge in [-0.3, -0.25) is 9.20 Å². The van der Waals surface area contributed by atoms with Gasteiger partial charge in [0.15, 0.2) is 11.5 Å². The van der Waals surface area contributed by atoms with Crippen LogP contribution in [0.1, 0.15) is 30.4 Å². The van der Waals surface area contributed by atoms with Crippen LogP contribution in [0.3, 0.4) is 0 Å². The molecule has 27 heavy (non-hydrogen) atoms. The van der Waals surface area contributed by atoms with Crippen LogP contribution in [0.4, 0.5) is 0 Å². The molecule has 4 aromatic rings. The van der Waals surface area contributed by atoms with E-state index in [-0.39, 0.29) is 11.9 Å². The molecule has 1 atom stereocenters. The molecule has 1 aliphatic heterocycles. The number of rotatable bonds is 4. The fourth-order valence-electron chi connectivity index (χ4n) is 3.58. The molecule has 0 saturated carbocycles. The molecule has 0 N–H and O–H groups in total. The van der Waals surface area contributed by atoms with E-state index in [2.05, 4.69) is 26.6 Å². The SMILES string of the molecule is O=C(Cc1csc(-c2ccsc2)n1)N1CCC[C@@H]1c1nnc2ccccn12. The van der Waals surface area contributed by atoms with Crippen molar-refractivity contribution in [1.82, 2.24) is 24.5 Å². The monoisotopic (exact) mass is 395 g/mol. The largest absolute Gasteiger partial charge is 0.332 e. The Morgan fingerprint density at radius 2 is 2.19 bits per heavy atom. The van der Waals surface area contributed by atoms with Gasteiger partial charge >= 0.3 is 0 Å². The Labute approximate surface area is 164 Å². The van der Waals surface area contributed by atoms with E-state index in [4.69, 9.17) is 0 Å². The molecule has 1 aliphatic rings. The number of aromatic nitrogens is 4. The van der Waals surface area contributed by atoms with Gasteiger partial charge in [0.1, 0.15) is 5.01 Å². The number of pyridine rings is 1. The predicted molar refractivity (Wildman–Crippen MR) is 106 cm³/mol. The highest BCUT2D eigenvalue weighted by atomic mass is 32.1. The molecule has 8 heteroatoms. The minimum Gasteiger partial charge on any atom is -0.332 e. The second-order valence-electron chi connectivity index (χ2n) is 6.56. The first-order chi connectivity index (χ1) is 13.3. The summed E-state index contributed by atoms with van der Waals surface area (Å²) >= 11 is 3.24. The Hall–Kier alpha value is -2.58. The number of thiophene rings is 1. The molecule has 0 unspecified atom stereocenters. The van der Waals surface area contributed by atoms with Crippen molar-refractivity contribution in [2.45, 2.75) is 25.3 Å². The number of carbonyl (C=O) groups is 1. The highest BCUT2D eigenvalue weighted by molar-refractivity contribution is 7.14. The van der Waals surface area contributed by atoms with E-state index >= 15 is 0 Å². The number of hydrogen-bond acceptors (Lipinski definition) is 6. The predicted octanol–water partition coefficient (Wildman–Crippen LogP) is 3.82. The smallest absolute Gasteiger partial charge is 0.229 e. The number of hydrogen-bond donors (Lipinski definition) is 0. The molecule has 0 aromatic carbocycles. The van der Waals surface area contributed by atoms with E-state index in [1.807, 2.05) is 44.5 Å². The zero-order valence-electron chi connectivity index (χ0n) is 14.5. The van der Waals surface area contributed by atoms with Crippen molar-refractivity contribution < 1.29 is 4.79 Å². The third kappa shape index (κ3) is 3.04. The van der Waals surface area contributed by atoms with Gasteiger partial charge in [0.25, 0.3) is 0 Å². The number of likely N-dealkylation sites (tertiary alicyclic amines) is 1. The third-order valence-electron chi connectivity index (χ3n) is 4.86. The van der Waals surface area contributed by atoms with Crippen molar-refractivity contribution in [3.8, 4) is 10.6 Å². The topological polar surface area (TPSA) is 63.4 Å². The van der Waals surface area contributed by atoms with E-state index < -0.39 is 0 Å². The van der Waals surface area contributed by atoms with Crippen LogP contribution < -0.4 is 0 Å². The number of nitrogens with zero attached hydrogens (tertiary/aromatic N) is 5. The highest BCUT2D eigenvalue weighted by Crippen LogP contribution is 2.32. The number of fused-ring (bicyclic) bond motifs is 1. The molecule has 5 heterocycles. The van der Waals surface area contributed by atoms with Crippen molar-refractivity contribution in [3.05, 3.63) is 58.1 Å². The summed E-state index contributed by atoms with van der Waals surface area (Å²) in [5.41, 5.74) is 2.77. The summed E-state index contributed by atoms with van der Waals surface area (Å²) in [7, 11) is 0. The van der Waals surface area contributed by atoms with Gasteiger partial charge in [-0.25, -0.2) is 4.98 Å². The van der Waals surface area contributed by atoms with E-state index in [0.717, 1.165) is 47.1 Å². The Balaban J connectivity index is 1.36. The van der Waals surface area contributed by atoms with E-state index in [1.165, 1.54) is 0 Å². The summed E-state index contributed by atoms with van der Waals surface area (Å²) in [5, 5.41) is 15.7. The van der Waals surface area contributed by atoms with Gasteiger partial charge in [-0.2, -0.15) is 11.3 Å². The van der Waals surface area contributed by atoms with Crippen molar-refractivity contribution in [1.29, 1.82) is 0 Å². The Kier molecular flexibility index (Phi) is 4.21. The van der Waals surface area contributed by atoms with E-state index in [0.29, 0.717) is 6.42 Å². The van der Waals surface area contributed by atoms with Crippen LogP contribution in [0.5, 0.6) is 0 Å². The molecule has 0 aliphatic carbocycles. The summed E-state index contributed by atoms with van der Waals surface area (Å²) in [6.45, 7) is 0.757. The van der Waals surface area contributed by atoms with E-state index in [9.17, 15) is 4.79 Å². The Morgan fingerprint density at radius 3 is 3.07 bits per heavy atom. The maximum Gasteiger partial charge on any atom is 0.229 e. The molecule has 1 fully saturated rings. The summed E-state index contributed by atoms with van der Waals surface area (Å²) in [6.07, 6.45) is 4.18. The van der Waals surface area contributed by atoms with Gasteiger partial charge in [-0.15, -0.1) is 21.5 Å². The van der Waals surface area contributed by atoms with Crippen LogP contribution in [-0.2, 0) is 11.2 Å². The first kappa shape index (κ1) is 16.6. The molecule has 1 saturated heterocycles. The van der Waals surface area contributed by atoms with E-state index in [1.54, 1.807) is 22.7 Å². The summed E-state index contributed by atoms with van der Waals surface area (Å²) in [4.78, 5) is 19.6. The minimum atomic E-state index is -0.0233. The maximum atomic E-state index is 13.0. The lowest BCUT2D eigenvalue weighted by Gasteiger charge is -2.23. The zero-order chi connectivity index (χ0) is 18.2. The summed E-state index contributed by atoms with van der Waals surface area (Å²) < 4.78 is 1.98. The van der Waals surface area contributed by atoms with Crippen LogP contribution in [0.2, 0.25) is 0 Å². The molecule has 0 spiro atoms. The van der Waals surface area contributed by atoms with Crippen LogP contribution in [0.25, 0.3) is 16.2 Å². The van der Waals surface area contributed by atoms with Crippen LogP contribution in [0.15, 0.2) is 46.6 Å². The second-order valence-corrected chi connectivity index (χ2v) is 8.20. The lowest BCUT2D eigenvalue weighted by Crippen LogP contribution is -2.32. The lowest BCUT2D eigenvalue weighted by molar-refractivity contribution is -0.131. The number of amides is 1. The molecule has 0 radical (unpaired) electrons. The Bertz CT molecular complexity index is 1080. The van der Waals surface area contributed by atoms with Gasteiger partial charge in [-0.05, 0) is 36.4 Å². The summed E-state index contributed by atoms with van der Waals surface area (Å²) in [5.74, 6) is 0.945. The first-order valence-corrected chi connectivity index (χ1v) is 10.7. The molecule has 1 amide bonds. The average molecular weight is 396 g/mol. The normalized spacial score (nSPS) is 17.0. The van der Waals surface area contributed by atoms with Crippen molar-refractivity contribution in [2.75, 3.05) is 6.54 Å². The fourth-order valence-corrected chi connectivity index (χ4v) is 5.12. The minimum absolute atomic E-state index is 0.0233. The number of thiazole rings is 1. The molecule has 4 aromatic heterocycles. The molecule has 0 bridgehead atoms. The lowest BCUT2D eigenvalue weighted by atomic mass is 10.2. The molecule has 6 nitrogen and oxygen atoms in total. The van der Waals surface area contributed by atoms with Gasteiger partial charge in [-0.1, -0.05) is 6.07 Å². The molecule has 136 valence electrons. The van der Waals surface area contributed by atoms with Gasteiger partial charge in [0, 0.05) is 29.1 Å². The average Bonchev–Trinajstić information content (AvgIpc) is 3.46. The van der Waals surface area contributed by atoms with Gasteiger partial charge < -0.3 is 4.90 Å². The summed E-state index contributed by atoms with van der Waals surface area (Å²) in [6, 6.07) is 7.87. The third-order valence-corrected chi connectivity index (χ3v) is 6.49. The van der Waals surface area contributed by atoms with Crippen LogP contribution >= 0.6 is 22.7 Å². The molecule has 5 rings (SSSR count). The van der Waals surface area contributed by atoms with Gasteiger partial charge in [0.2, 0.25) is 5.91 Å². The van der Waals surface area contributed by atoms with Crippen molar-refractivity contribution in [2.24, 2.45) is 0 Å². The van der Waals surface area contributed by atoms with Crippen LogP contribution in [-0.4, -0.2) is 36.9 Å². The van der Waals surface area contributed by atoms with Crippen molar-refractivity contribution >= 4 is 34.2 Å². The van der Waals surface area contributed by atoms with Crippen molar-refractivity contribution in [3.63, 3.8) is 0 Å². The molecular formula is C19H17N5OS2. The quantitative estimate of drug-likeness (QED) is 0.527. The highest BCUT2D eigenvalue weighted by Gasteiger charge is 2.33. The standard InChI is InChI=1S/C19H17N5OS2/c25-17(10-14-12-27-19(20-14)13-6-9-26-11-13)23-8-3-4-15(23)18-22-21-16-5-1-2-7-24(16)18/h1-2,5-7,9,11-12,15H,3-4,8,10H2/t15-/m1/s1. The Morgan fingerprint density at radius 1 is 1.22 bits per heavy atom. The zero-order valence-corrected chi connectivity index (χ0v) is 16.1. The first-order valence-electron chi connectivity index (χ1n) is 8.86. The number of carbonyl (C=O) groups excluding carboxylic acids is 1. The fraction of sp³-hybridized carbons (Fsp3) is 0.263.